The van der Waals surface area contributed by atoms with Gasteiger partial charge in [-0.1, -0.05) is 43.3 Å². The van der Waals surface area contributed by atoms with Crippen LogP contribution in [0.1, 0.15) is 44.9 Å². The molecule has 26 heavy (non-hydrogen) atoms. The summed E-state index contributed by atoms with van der Waals surface area (Å²) in [6.07, 6.45) is 9.15. The number of hydrogen-bond acceptors (Lipinski definition) is 4. The van der Waals surface area contributed by atoms with Gasteiger partial charge < -0.3 is 20.1 Å². The first-order valence-electron chi connectivity index (χ1n) is 9.45. The lowest BCUT2D eigenvalue weighted by Crippen LogP contribution is -2.23. The smallest absolute Gasteiger partial charge is 0.329 e. The number of carbonyl (C=O) groups is 1. The topological polar surface area (TPSA) is 87.0 Å². The Morgan fingerprint density at radius 1 is 1.27 bits per heavy atom. The lowest BCUT2D eigenvalue weighted by atomic mass is 9.85. The summed E-state index contributed by atoms with van der Waals surface area (Å²) in [7, 11) is 0. The molecule has 2 rings (SSSR count). The van der Waals surface area contributed by atoms with Crippen molar-refractivity contribution >= 4 is 17.6 Å². The Morgan fingerprint density at radius 2 is 2.00 bits per heavy atom. The number of carboxylic acid groups (broad SMARTS) is 1. The number of aliphatic hydroxyl groups is 2. The third-order valence-electron chi connectivity index (χ3n) is 5.32. The van der Waals surface area contributed by atoms with Crippen LogP contribution in [0.15, 0.2) is 12.2 Å². The highest BCUT2D eigenvalue weighted by Gasteiger charge is 2.40. The van der Waals surface area contributed by atoms with Crippen LogP contribution in [0, 0.1) is 29.6 Å². The third-order valence-corrected chi connectivity index (χ3v) is 5.82. The van der Waals surface area contributed by atoms with Crippen molar-refractivity contribution in [2.45, 2.75) is 62.5 Å². The maximum Gasteiger partial charge on any atom is 0.329 e. The van der Waals surface area contributed by atoms with E-state index in [4.69, 9.17) is 21.4 Å². The van der Waals surface area contributed by atoms with Gasteiger partial charge in [0.05, 0.1) is 18.6 Å². The average Bonchev–Trinajstić information content (AvgIpc) is 2.89. The van der Waals surface area contributed by atoms with Gasteiger partial charge in [-0.2, -0.15) is 0 Å². The molecule has 0 aromatic carbocycles. The molecule has 2 fully saturated rings. The van der Waals surface area contributed by atoms with Crippen molar-refractivity contribution in [2.24, 2.45) is 17.8 Å². The Kier molecular flexibility index (Phi) is 8.94. The number of halogens is 1. The van der Waals surface area contributed by atoms with Crippen molar-refractivity contribution in [3.05, 3.63) is 12.2 Å². The fourth-order valence-electron chi connectivity index (χ4n) is 3.84. The van der Waals surface area contributed by atoms with E-state index < -0.39 is 18.2 Å². The molecule has 0 heterocycles. The second-order valence-corrected chi connectivity index (χ2v) is 7.82. The molecule has 2 aliphatic carbocycles. The normalized spacial score (nSPS) is 30.9. The van der Waals surface area contributed by atoms with Crippen molar-refractivity contribution in [3.8, 4) is 11.8 Å². The Balaban J connectivity index is 1.87. The fraction of sp³-hybridized carbons (Fsp3) is 0.750. The largest absolute Gasteiger partial charge is 0.480 e. The van der Waals surface area contributed by atoms with Crippen molar-refractivity contribution in [2.75, 3.05) is 13.2 Å². The Hall–Kier alpha value is -1.06. The SMILES string of the molecule is O=C(O)COC/C=C/CC1[C@H](Cl)C[C@@H](O)[C@@H]1C#C[C@H](O)C1CCCCC1. The van der Waals surface area contributed by atoms with E-state index in [0.717, 1.165) is 25.7 Å². The van der Waals surface area contributed by atoms with E-state index in [-0.39, 0.29) is 36.3 Å². The highest BCUT2D eigenvalue weighted by molar-refractivity contribution is 6.21. The van der Waals surface area contributed by atoms with Crippen LogP contribution in [-0.2, 0) is 9.53 Å². The standard InChI is InChI=1S/C20H29ClO5/c21-17-12-19(23)16(9-10-18(22)14-6-2-1-3-7-14)15(17)8-4-5-11-26-13-20(24)25/h4-5,14-19,22-23H,1-3,6-8,11-13H2,(H,24,25)/b5-4+/t15?,16-,17-,18+,19-/m1/s1. The molecular weight excluding hydrogens is 356 g/mol. The number of ether oxygens (including phenoxy) is 1. The van der Waals surface area contributed by atoms with Gasteiger partial charge in [-0.25, -0.2) is 4.79 Å². The van der Waals surface area contributed by atoms with Gasteiger partial charge in [-0.15, -0.1) is 11.6 Å². The first kappa shape index (κ1) is 21.2. The monoisotopic (exact) mass is 384 g/mol. The summed E-state index contributed by atoms with van der Waals surface area (Å²) in [4.78, 5) is 10.4. The van der Waals surface area contributed by atoms with E-state index in [0.29, 0.717) is 12.8 Å². The van der Waals surface area contributed by atoms with Gasteiger partial charge in [-0.3, -0.25) is 0 Å². The zero-order valence-corrected chi connectivity index (χ0v) is 15.8. The molecule has 2 saturated carbocycles. The van der Waals surface area contributed by atoms with Crippen LogP contribution in [-0.4, -0.2) is 52.1 Å². The summed E-state index contributed by atoms with van der Waals surface area (Å²) in [5.74, 6) is 5.07. The van der Waals surface area contributed by atoms with Crippen molar-refractivity contribution in [1.82, 2.24) is 0 Å². The molecule has 146 valence electrons. The van der Waals surface area contributed by atoms with Gasteiger partial charge in [0.25, 0.3) is 0 Å². The van der Waals surface area contributed by atoms with Crippen molar-refractivity contribution < 1.29 is 24.9 Å². The quantitative estimate of drug-likeness (QED) is 0.272. The molecule has 5 nitrogen and oxygen atoms in total. The predicted molar refractivity (Wildman–Crippen MR) is 99.8 cm³/mol. The van der Waals surface area contributed by atoms with Crippen LogP contribution in [0.5, 0.6) is 0 Å². The molecule has 0 aromatic heterocycles. The van der Waals surface area contributed by atoms with Crippen LogP contribution in [0.3, 0.4) is 0 Å². The second kappa shape index (κ2) is 10.9. The zero-order chi connectivity index (χ0) is 18.9. The maximum absolute atomic E-state index is 10.4. The van der Waals surface area contributed by atoms with Gasteiger partial charge in [0.1, 0.15) is 12.7 Å². The van der Waals surface area contributed by atoms with Crippen molar-refractivity contribution in [3.63, 3.8) is 0 Å². The average molecular weight is 385 g/mol. The number of aliphatic carboxylic acids is 1. The van der Waals surface area contributed by atoms with Gasteiger partial charge in [-0.05, 0) is 37.5 Å². The van der Waals surface area contributed by atoms with E-state index in [1.165, 1.54) is 6.42 Å². The molecule has 2 aliphatic rings. The van der Waals surface area contributed by atoms with Gasteiger partial charge >= 0.3 is 5.97 Å². The maximum atomic E-state index is 10.4. The minimum atomic E-state index is -0.995. The summed E-state index contributed by atoms with van der Waals surface area (Å²) in [6, 6.07) is 0. The van der Waals surface area contributed by atoms with Crippen LogP contribution < -0.4 is 0 Å². The van der Waals surface area contributed by atoms with Crippen molar-refractivity contribution in [1.29, 1.82) is 0 Å². The molecule has 0 saturated heterocycles. The lowest BCUT2D eigenvalue weighted by molar-refractivity contribution is -0.141. The van der Waals surface area contributed by atoms with Gasteiger partial charge in [0.15, 0.2) is 0 Å². The highest BCUT2D eigenvalue weighted by Crippen LogP contribution is 2.38. The number of alkyl halides is 1. The molecule has 3 N–H and O–H groups in total. The molecule has 5 atom stereocenters. The molecule has 0 aliphatic heterocycles. The molecule has 6 heteroatoms. The molecule has 1 unspecified atom stereocenters. The summed E-state index contributed by atoms with van der Waals surface area (Å²) < 4.78 is 4.95. The number of hydrogen-bond donors (Lipinski definition) is 3. The first-order chi connectivity index (χ1) is 12.5. The number of rotatable bonds is 7. The number of allylic oxidation sites excluding steroid dienone is 1. The molecular formula is C20H29ClO5. The molecule has 0 amide bonds. The van der Waals surface area contributed by atoms with E-state index in [9.17, 15) is 15.0 Å². The Labute approximate surface area is 160 Å². The minimum Gasteiger partial charge on any atom is -0.480 e. The first-order valence-corrected chi connectivity index (χ1v) is 9.88. The molecule has 0 bridgehead atoms. The molecule has 0 radical (unpaired) electrons. The zero-order valence-electron chi connectivity index (χ0n) is 15.0. The second-order valence-electron chi connectivity index (χ2n) is 7.26. The van der Waals surface area contributed by atoms with Crippen LogP contribution >= 0.6 is 11.6 Å². The number of aliphatic hydroxyl groups excluding tert-OH is 2. The molecule has 0 aromatic rings. The molecule has 0 spiro atoms. The van der Waals surface area contributed by atoms with E-state index in [2.05, 4.69) is 11.8 Å². The summed E-state index contributed by atoms with van der Waals surface area (Å²) in [6.45, 7) is -0.0942. The van der Waals surface area contributed by atoms with Gasteiger partial charge in [0, 0.05) is 5.38 Å². The van der Waals surface area contributed by atoms with E-state index in [1.807, 2.05) is 6.08 Å². The fourth-order valence-corrected chi connectivity index (χ4v) is 4.29. The predicted octanol–water partition coefficient (Wildman–Crippen LogP) is 2.58. The van der Waals surface area contributed by atoms with E-state index in [1.54, 1.807) is 6.08 Å². The minimum absolute atomic E-state index is 0.00782. The number of carboxylic acids is 1. The van der Waals surface area contributed by atoms with Gasteiger partial charge in [0.2, 0.25) is 0 Å². The van der Waals surface area contributed by atoms with Crippen LogP contribution in [0.4, 0.5) is 0 Å². The Morgan fingerprint density at radius 3 is 2.69 bits per heavy atom. The van der Waals surface area contributed by atoms with Crippen LogP contribution in [0.2, 0.25) is 0 Å². The summed E-state index contributed by atoms with van der Waals surface area (Å²) in [5, 5.41) is 28.9. The lowest BCUT2D eigenvalue weighted by Gasteiger charge is -2.23. The van der Waals surface area contributed by atoms with E-state index >= 15 is 0 Å². The summed E-state index contributed by atoms with van der Waals surface area (Å²) >= 11 is 6.38. The summed E-state index contributed by atoms with van der Waals surface area (Å²) in [5.41, 5.74) is 0. The third kappa shape index (κ3) is 6.59. The highest BCUT2D eigenvalue weighted by atomic mass is 35.5. The van der Waals surface area contributed by atoms with Crippen LogP contribution in [0.25, 0.3) is 0 Å². The Bertz CT molecular complexity index is 532.